The molecule has 0 spiro atoms. The number of ether oxygens (including phenoxy) is 1. The quantitative estimate of drug-likeness (QED) is 0.486. The van der Waals surface area contributed by atoms with Crippen molar-refractivity contribution < 1.29 is 9.53 Å². The largest absolute Gasteiger partial charge is 0.378 e. The number of nitrogens with one attached hydrogen (secondary N) is 1. The van der Waals surface area contributed by atoms with Crippen molar-refractivity contribution in [2.75, 3.05) is 19.8 Å². The van der Waals surface area contributed by atoms with Gasteiger partial charge in [0, 0.05) is 0 Å². The topological polar surface area (TPSA) is 64.4 Å². The van der Waals surface area contributed by atoms with Gasteiger partial charge in [-0.1, -0.05) is 0 Å². The number of hydrogen-bond acceptors (Lipinski definition) is 3. The van der Waals surface area contributed by atoms with Gasteiger partial charge in [0.25, 0.3) is 0 Å². The van der Waals surface area contributed by atoms with Crippen LogP contribution in [0.1, 0.15) is 0 Å². The molecule has 0 saturated carbocycles. The van der Waals surface area contributed by atoms with Gasteiger partial charge >= 0.3 is 0 Å². The van der Waals surface area contributed by atoms with E-state index < -0.39 is 0 Å². The average molecular weight is 130 g/mol. The maximum absolute atomic E-state index is 10.2. The SMILES string of the molecule is NC(=O)CNC1COC1. The van der Waals surface area contributed by atoms with E-state index in [9.17, 15) is 4.79 Å². The highest BCUT2D eigenvalue weighted by Gasteiger charge is 2.17. The highest BCUT2D eigenvalue weighted by molar-refractivity contribution is 5.75. The Morgan fingerprint density at radius 1 is 1.78 bits per heavy atom. The van der Waals surface area contributed by atoms with Crippen molar-refractivity contribution in [1.29, 1.82) is 0 Å². The van der Waals surface area contributed by atoms with Crippen molar-refractivity contribution in [1.82, 2.24) is 5.32 Å². The first kappa shape index (κ1) is 6.51. The first-order chi connectivity index (χ1) is 4.29. The van der Waals surface area contributed by atoms with Crippen LogP contribution in [0.25, 0.3) is 0 Å². The van der Waals surface area contributed by atoms with Gasteiger partial charge in [0.05, 0.1) is 25.8 Å². The lowest BCUT2D eigenvalue weighted by Crippen LogP contribution is -2.48. The molecule has 0 unspecified atom stereocenters. The molecule has 1 rings (SSSR count). The molecule has 52 valence electrons. The second-order valence-corrected chi connectivity index (χ2v) is 2.08. The summed E-state index contributed by atoms with van der Waals surface area (Å²) in [6.07, 6.45) is 0. The molecule has 0 aromatic rings. The lowest BCUT2D eigenvalue weighted by Gasteiger charge is -2.26. The predicted octanol–water partition coefficient (Wildman–Crippen LogP) is -1.54. The van der Waals surface area contributed by atoms with E-state index in [1.54, 1.807) is 0 Å². The van der Waals surface area contributed by atoms with E-state index in [-0.39, 0.29) is 12.5 Å². The van der Waals surface area contributed by atoms with Crippen molar-refractivity contribution in [3.05, 3.63) is 0 Å². The minimum absolute atomic E-state index is 0.258. The Morgan fingerprint density at radius 2 is 2.44 bits per heavy atom. The van der Waals surface area contributed by atoms with E-state index in [2.05, 4.69) is 5.32 Å². The normalized spacial score (nSPS) is 19.1. The van der Waals surface area contributed by atoms with Crippen LogP contribution in [0.3, 0.4) is 0 Å². The number of primary amides is 1. The first-order valence-corrected chi connectivity index (χ1v) is 2.88. The summed E-state index contributed by atoms with van der Waals surface area (Å²) < 4.78 is 4.85. The van der Waals surface area contributed by atoms with Crippen LogP contribution in [0.5, 0.6) is 0 Å². The fourth-order valence-electron chi connectivity index (χ4n) is 0.598. The van der Waals surface area contributed by atoms with Crippen LogP contribution in [0.2, 0.25) is 0 Å². The number of carbonyl (C=O) groups is 1. The van der Waals surface area contributed by atoms with Crippen molar-refractivity contribution in [3.8, 4) is 0 Å². The van der Waals surface area contributed by atoms with Crippen LogP contribution in [0.15, 0.2) is 0 Å². The lowest BCUT2D eigenvalue weighted by atomic mass is 10.2. The third-order valence-electron chi connectivity index (χ3n) is 1.20. The van der Waals surface area contributed by atoms with Crippen molar-refractivity contribution >= 4 is 5.91 Å². The minimum atomic E-state index is -0.318. The second-order valence-electron chi connectivity index (χ2n) is 2.08. The summed E-state index contributed by atoms with van der Waals surface area (Å²) in [6, 6.07) is 0.345. The zero-order valence-electron chi connectivity index (χ0n) is 5.09. The van der Waals surface area contributed by atoms with Gasteiger partial charge in [-0.2, -0.15) is 0 Å². The highest BCUT2D eigenvalue weighted by Crippen LogP contribution is 1.97. The van der Waals surface area contributed by atoms with Gasteiger partial charge in [0.15, 0.2) is 0 Å². The Kier molecular flexibility index (Phi) is 2.02. The summed E-state index contributed by atoms with van der Waals surface area (Å²) in [5.74, 6) is -0.318. The van der Waals surface area contributed by atoms with Gasteiger partial charge in [-0.15, -0.1) is 0 Å². The minimum Gasteiger partial charge on any atom is -0.378 e. The van der Waals surface area contributed by atoms with Gasteiger partial charge in [0.2, 0.25) is 5.91 Å². The van der Waals surface area contributed by atoms with Gasteiger partial charge in [-0.05, 0) is 0 Å². The molecule has 9 heavy (non-hydrogen) atoms. The summed E-state index contributed by atoms with van der Waals surface area (Å²) in [5.41, 5.74) is 4.88. The second kappa shape index (κ2) is 2.80. The van der Waals surface area contributed by atoms with Gasteiger partial charge in [-0.3, -0.25) is 4.79 Å². The molecule has 1 fully saturated rings. The van der Waals surface area contributed by atoms with Gasteiger partial charge < -0.3 is 15.8 Å². The molecule has 0 bridgehead atoms. The van der Waals surface area contributed by atoms with Gasteiger partial charge in [0.1, 0.15) is 0 Å². The summed E-state index contributed by atoms with van der Waals surface area (Å²) in [4.78, 5) is 10.2. The molecule has 0 radical (unpaired) electrons. The third kappa shape index (κ3) is 1.99. The molecule has 1 aliphatic rings. The lowest BCUT2D eigenvalue weighted by molar-refractivity contribution is -0.117. The van der Waals surface area contributed by atoms with Crippen LogP contribution in [0, 0.1) is 0 Å². The Labute approximate surface area is 53.4 Å². The van der Waals surface area contributed by atoms with Crippen molar-refractivity contribution in [2.45, 2.75) is 6.04 Å². The van der Waals surface area contributed by atoms with Crippen LogP contribution in [-0.2, 0) is 9.53 Å². The molecule has 4 nitrogen and oxygen atoms in total. The fraction of sp³-hybridized carbons (Fsp3) is 0.800. The Morgan fingerprint density at radius 3 is 2.78 bits per heavy atom. The highest BCUT2D eigenvalue weighted by atomic mass is 16.5. The smallest absolute Gasteiger partial charge is 0.231 e. The molecule has 0 atom stereocenters. The van der Waals surface area contributed by atoms with E-state index in [4.69, 9.17) is 10.5 Å². The zero-order valence-corrected chi connectivity index (χ0v) is 5.09. The number of hydrogen-bond donors (Lipinski definition) is 2. The Balaban J connectivity index is 1.97. The summed E-state index contributed by atoms with van der Waals surface area (Å²) in [6.45, 7) is 1.66. The van der Waals surface area contributed by atoms with Crippen LogP contribution in [-0.4, -0.2) is 31.7 Å². The zero-order chi connectivity index (χ0) is 6.69. The maximum atomic E-state index is 10.2. The Bertz CT molecular complexity index is 112. The molecule has 0 aromatic heterocycles. The van der Waals surface area contributed by atoms with E-state index in [0.29, 0.717) is 19.3 Å². The number of carbonyl (C=O) groups excluding carboxylic acids is 1. The van der Waals surface area contributed by atoms with E-state index >= 15 is 0 Å². The molecule has 4 heteroatoms. The molecular formula is C5H10N2O2. The summed E-state index contributed by atoms with van der Waals surface area (Å²) in [7, 11) is 0. The molecule has 3 N–H and O–H groups in total. The number of nitrogens with two attached hydrogens (primary N) is 1. The molecule has 1 saturated heterocycles. The van der Waals surface area contributed by atoms with E-state index in [0.717, 1.165) is 0 Å². The van der Waals surface area contributed by atoms with Crippen LogP contribution in [0.4, 0.5) is 0 Å². The first-order valence-electron chi connectivity index (χ1n) is 2.88. The van der Waals surface area contributed by atoms with E-state index in [1.165, 1.54) is 0 Å². The molecule has 1 aliphatic heterocycles. The molecular weight excluding hydrogens is 120 g/mol. The van der Waals surface area contributed by atoms with Crippen LogP contribution >= 0.6 is 0 Å². The molecule has 0 aromatic carbocycles. The standard InChI is InChI=1S/C5H10N2O2/c6-5(8)1-7-4-2-9-3-4/h4,7H,1-3H2,(H2,6,8). The summed E-state index contributed by atoms with van der Waals surface area (Å²) >= 11 is 0. The maximum Gasteiger partial charge on any atom is 0.231 e. The molecule has 1 amide bonds. The van der Waals surface area contributed by atoms with E-state index in [1.807, 2.05) is 0 Å². The molecule has 1 heterocycles. The predicted molar refractivity (Wildman–Crippen MR) is 31.8 cm³/mol. The monoisotopic (exact) mass is 130 g/mol. The molecule has 0 aliphatic carbocycles. The third-order valence-corrected chi connectivity index (χ3v) is 1.20. The van der Waals surface area contributed by atoms with Crippen LogP contribution < -0.4 is 11.1 Å². The van der Waals surface area contributed by atoms with Crippen molar-refractivity contribution in [3.63, 3.8) is 0 Å². The number of amides is 1. The van der Waals surface area contributed by atoms with Gasteiger partial charge in [-0.25, -0.2) is 0 Å². The number of rotatable bonds is 3. The average Bonchev–Trinajstić information content (AvgIpc) is 1.60. The van der Waals surface area contributed by atoms with Crippen molar-refractivity contribution in [2.24, 2.45) is 5.73 Å². The Hall–Kier alpha value is -0.610. The fourth-order valence-corrected chi connectivity index (χ4v) is 0.598. The summed E-state index contributed by atoms with van der Waals surface area (Å²) in [5, 5.41) is 2.92.